The van der Waals surface area contributed by atoms with Crippen LogP contribution in [-0.2, 0) is 11.2 Å². The summed E-state index contributed by atoms with van der Waals surface area (Å²) in [6, 6.07) is 10.1. The van der Waals surface area contributed by atoms with Crippen molar-refractivity contribution in [3.8, 4) is 0 Å². The van der Waals surface area contributed by atoms with Gasteiger partial charge in [-0.3, -0.25) is 4.98 Å². The van der Waals surface area contributed by atoms with E-state index in [0.717, 1.165) is 29.2 Å². The number of para-hydroxylation sites is 1. The van der Waals surface area contributed by atoms with Crippen molar-refractivity contribution in [2.75, 3.05) is 0 Å². The molecule has 1 unspecified atom stereocenters. The van der Waals surface area contributed by atoms with Crippen molar-refractivity contribution < 1.29 is 4.79 Å². The minimum Gasteiger partial charge on any atom is -0.303 e. The summed E-state index contributed by atoms with van der Waals surface area (Å²) in [6.07, 6.45) is 3.60. The van der Waals surface area contributed by atoms with Crippen LogP contribution in [0.5, 0.6) is 0 Å². The van der Waals surface area contributed by atoms with E-state index in [9.17, 15) is 4.79 Å². The Morgan fingerprint density at radius 3 is 3.00 bits per heavy atom. The second-order valence-corrected chi connectivity index (χ2v) is 3.85. The Bertz CT molecular complexity index is 479. The van der Waals surface area contributed by atoms with E-state index >= 15 is 0 Å². The molecule has 1 aromatic heterocycles. The van der Waals surface area contributed by atoms with Crippen molar-refractivity contribution in [3.63, 3.8) is 0 Å². The van der Waals surface area contributed by atoms with E-state index in [2.05, 4.69) is 11.1 Å². The smallest absolute Gasteiger partial charge is 0.123 e. The fourth-order valence-corrected chi connectivity index (χ4v) is 1.65. The van der Waals surface area contributed by atoms with E-state index in [4.69, 9.17) is 0 Å². The van der Waals surface area contributed by atoms with Crippen LogP contribution in [0.4, 0.5) is 0 Å². The standard InChI is InChI=1S/C13H13NO/c1-10(9-15)6-11-7-12-4-2-3-5-13(12)14-8-11/h2-5,7-10H,6H2,1H3. The predicted molar refractivity (Wildman–Crippen MR) is 60.7 cm³/mol. The first-order valence-corrected chi connectivity index (χ1v) is 5.08. The first kappa shape index (κ1) is 9.84. The van der Waals surface area contributed by atoms with Crippen molar-refractivity contribution >= 4 is 17.2 Å². The molecule has 76 valence electrons. The van der Waals surface area contributed by atoms with Gasteiger partial charge in [-0.2, -0.15) is 0 Å². The van der Waals surface area contributed by atoms with Crippen LogP contribution < -0.4 is 0 Å². The van der Waals surface area contributed by atoms with Crippen molar-refractivity contribution in [3.05, 3.63) is 42.1 Å². The van der Waals surface area contributed by atoms with Crippen LogP contribution in [0, 0.1) is 5.92 Å². The van der Waals surface area contributed by atoms with Crippen molar-refractivity contribution in [1.82, 2.24) is 4.98 Å². The molecule has 2 heteroatoms. The molecule has 2 aromatic rings. The minimum atomic E-state index is 0.0629. The lowest BCUT2D eigenvalue weighted by atomic mass is 10.0. The van der Waals surface area contributed by atoms with Crippen molar-refractivity contribution in [1.29, 1.82) is 0 Å². The van der Waals surface area contributed by atoms with E-state index in [1.54, 1.807) is 0 Å². The predicted octanol–water partition coefficient (Wildman–Crippen LogP) is 2.61. The molecule has 1 aromatic carbocycles. The van der Waals surface area contributed by atoms with Gasteiger partial charge in [-0.15, -0.1) is 0 Å². The fraction of sp³-hybridized carbons (Fsp3) is 0.231. The normalized spacial score (nSPS) is 12.6. The Hall–Kier alpha value is -1.70. The number of carbonyl (C=O) groups excluding carboxylic acids is 1. The third-order valence-electron chi connectivity index (χ3n) is 2.44. The average Bonchev–Trinajstić information content (AvgIpc) is 2.29. The SMILES string of the molecule is CC(C=O)Cc1cnc2ccccc2c1. The Morgan fingerprint density at radius 2 is 2.20 bits per heavy atom. The number of aromatic nitrogens is 1. The van der Waals surface area contributed by atoms with Gasteiger partial charge in [0.2, 0.25) is 0 Å². The number of rotatable bonds is 3. The van der Waals surface area contributed by atoms with E-state index in [1.807, 2.05) is 37.4 Å². The minimum absolute atomic E-state index is 0.0629. The van der Waals surface area contributed by atoms with Crippen LogP contribution in [0.15, 0.2) is 36.5 Å². The van der Waals surface area contributed by atoms with Gasteiger partial charge in [0.1, 0.15) is 6.29 Å². The maximum atomic E-state index is 10.6. The number of pyridine rings is 1. The molecule has 0 spiro atoms. The average molecular weight is 199 g/mol. The molecule has 0 radical (unpaired) electrons. The first-order valence-electron chi connectivity index (χ1n) is 5.08. The summed E-state index contributed by atoms with van der Waals surface area (Å²) >= 11 is 0. The second-order valence-electron chi connectivity index (χ2n) is 3.85. The van der Waals surface area contributed by atoms with Crippen LogP contribution in [0.2, 0.25) is 0 Å². The number of hydrogen-bond acceptors (Lipinski definition) is 2. The molecule has 2 rings (SSSR count). The Balaban J connectivity index is 2.34. The summed E-state index contributed by atoms with van der Waals surface area (Å²) in [5.41, 5.74) is 2.12. The fourth-order valence-electron chi connectivity index (χ4n) is 1.65. The largest absolute Gasteiger partial charge is 0.303 e. The van der Waals surface area contributed by atoms with E-state index in [1.165, 1.54) is 0 Å². The van der Waals surface area contributed by atoms with Crippen molar-refractivity contribution in [2.24, 2.45) is 5.92 Å². The summed E-state index contributed by atoms with van der Waals surface area (Å²) in [4.78, 5) is 14.9. The molecule has 0 aliphatic carbocycles. The molecule has 0 aliphatic heterocycles. The van der Waals surface area contributed by atoms with Gasteiger partial charge in [-0.05, 0) is 24.1 Å². The molecule has 0 aliphatic rings. The number of hydrogen-bond donors (Lipinski definition) is 0. The number of benzene rings is 1. The maximum Gasteiger partial charge on any atom is 0.123 e. The third-order valence-corrected chi connectivity index (χ3v) is 2.44. The van der Waals surface area contributed by atoms with E-state index in [-0.39, 0.29) is 5.92 Å². The molecule has 0 bridgehead atoms. The number of aldehydes is 1. The topological polar surface area (TPSA) is 30.0 Å². The van der Waals surface area contributed by atoms with E-state index < -0.39 is 0 Å². The quantitative estimate of drug-likeness (QED) is 0.711. The zero-order valence-electron chi connectivity index (χ0n) is 8.68. The highest BCUT2D eigenvalue weighted by Gasteiger charge is 2.03. The molecule has 1 atom stereocenters. The molecule has 0 saturated heterocycles. The van der Waals surface area contributed by atoms with Crippen molar-refractivity contribution in [2.45, 2.75) is 13.3 Å². The third kappa shape index (κ3) is 2.21. The highest BCUT2D eigenvalue weighted by molar-refractivity contribution is 5.78. The molecule has 0 amide bonds. The molecule has 2 nitrogen and oxygen atoms in total. The Labute approximate surface area is 89.0 Å². The van der Waals surface area contributed by atoms with Crippen LogP contribution >= 0.6 is 0 Å². The van der Waals surface area contributed by atoms with Gasteiger partial charge >= 0.3 is 0 Å². The zero-order chi connectivity index (χ0) is 10.7. The summed E-state index contributed by atoms with van der Waals surface area (Å²) in [5.74, 6) is 0.0629. The molecule has 15 heavy (non-hydrogen) atoms. The summed E-state index contributed by atoms with van der Waals surface area (Å²) < 4.78 is 0. The van der Waals surface area contributed by atoms with Crippen LogP contribution in [0.3, 0.4) is 0 Å². The lowest BCUT2D eigenvalue weighted by molar-refractivity contribution is -0.110. The summed E-state index contributed by atoms with van der Waals surface area (Å²) in [7, 11) is 0. The monoisotopic (exact) mass is 199 g/mol. The van der Waals surface area contributed by atoms with Crippen LogP contribution in [-0.4, -0.2) is 11.3 Å². The van der Waals surface area contributed by atoms with Gasteiger partial charge in [-0.25, -0.2) is 0 Å². The zero-order valence-corrected chi connectivity index (χ0v) is 8.68. The van der Waals surface area contributed by atoms with Gasteiger partial charge in [0.05, 0.1) is 5.52 Å². The van der Waals surface area contributed by atoms with E-state index in [0.29, 0.717) is 0 Å². The molecular formula is C13H13NO. The van der Waals surface area contributed by atoms with Gasteiger partial charge in [0, 0.05) is 17.5 Å². The Morgan fingerprint density at radius 1 is 1.40 bits per heavy atom. The maximum absolute atomic E-state index is 10.6. The van der Waals surface area contributed by atoms with Gasteiger partial charge in [0.25, 0.3) is 0 Å². The highest BCUT2D eigenvalue weighted by Crippen LogP contribution is 2.14. The molecule has 0 fully saturated rings. The first-order chi connectivity index (χ1) is 7.29. The molecule has 0 saturated carbocycles. The number of carbonyl (C=O) groups is 1. The van der Waals surface area contributed by atoms with Crippen LogP contribution in [0.1, 0.15) is 12.5 Å². The summed E-state index contributed by atoms with van der Waals surface area (Å²) in [5, 5.41) is 1.13. The number of nitrogens with zero attached hydrogens (tertiary/aromatic N) is 1. The molecule has 1 heterocycles. The lowest BCUT2D eigenvalue weighted by Crippen LogP contribution is -2.00. The van der Waals surface area contributed by atoms with Crippen LogP contribution in [0.25, 0.3) is 10.9 Å². The van der Waals surface area contributed by atoms with Gasteiger partial charge < -0.3 is 4.79 Å². The highest BCUT2D eigenvalue weighted by atomic mass is 16.1. The molecular weight excluding hydrogens is 186 g/mol. The summed E-state index contributed by atoms with van der Waals surface area (Å²) in [6.45, 7) is 1.92. The Kier molecular flexibility index (Phi) is 2.77. The van der Waals surface area contributed by atoms with Gasteiger partial charge in [-0.1, -0.05) is 25.1 Å². The molecule has 0 N–H and O–H groups in total. The second kappa shape index (κ2) is 4.22. The van der Waals surface area contributed by atoms with Gasteiger partial charge in [0.15, 0.2) is 0 Å². The lowest BCUT2D eigenvalue weighted by Gasteiger charge is -2.04. The number of fused-ring (bicyclic) bond motifs is 1.